The second-order valence-electron chi connectivity index (χ2n) is 6.55. The molecule has 1 fully saturated rings. The van der Waals surface area contributed by atoms with Crippen molar-refractivity contribution < 1.29 is 24.4 Å². The van der Waals surface area contributed by atoms with Crippen LogP contribution in [0.2, 0.25) is 0 Å². The van der Waals surface area contributed by atoms with E-state index in [2.05, 4.69) is 17.9 Å². The lowest BCUT2D eigenvalue weighted by atomic mass is 10.1. The molecule has 1 aromatic heterocycles. The number of hydrogen-bond acceptors (Lipinski definition) is 7. The number of aromatic carboxylic acids is 1. The molecule has 2 N–H and O–H groups in total. The van der Waals surface area contributed by atoms with Crippen molar-refractivity contribution in [3.8, 4) is 0 Å². The van der Waals surface area contributed by atoms with E-state index in [1.165, 1.54) is 40.6 Å². The minimum Gasteiger partial charge on any atom is -0.477 e. The zero-order valence-electron chi connectivity index (χ0n) is 15.0. The number of benzene rings is 1. The van der Waals surface area contributed by atoms with Gasteiger partial charge < -0.3 is 15.3 Å². The molecule has 0 radical (unpaired) electrons. The van der Waals surface area contributed by atoms with Gasteiger partial charge in [0.25, 0.3) is 5.69 Å². The molecule has 0 aliphatic carbocycles. The van der Waals surface area contributed by atoms with Crippen molar-refractivity contribution in [1.82, 2.24) is 4.90 Å². The minimum absolute atomic E-state index is 0.00385. The van der Waals surface area contributed by atoms with Crippen LogP contribution in [-0.4, -0.2) is 50.5 Å². The number of carboxylic acid groups (broad SMARTS) is 1. The van der Waals surface area contributed by atoms with Gasteiger partial charge in [-0.1, -0.05) is 12.1 Å². The molecule has 1 saturated heterocycles. The molecule has 29 heavy (non-hydrogen) atoms. The number of nitrogens with zero attached hydrogens (tertiary/aromatic N) is 2. The Kier molecular flexibility index (Phi) is 6.18. The van der Waals surface area contributed by atoms with Crippen LogP contribution in [0.3, 0.4) is 0 Å². The molecule has 3 rings (SSSR count). The molecule has 9 nitrogen and oxygen atoms in total. The van der Waals surface area contributed by atoms with Gasteiger partial charge in [-0.3, -0.25) is 19.7 Å². The Hall–Kier alpha value is -2.92. The summed E-state index contributed by atoms with van der Waals surface area (Å²) in [4.78, 5) is 48.1. The number of nitro groups is 1. The summed E-state index contributed by atoms with van der Waals surface area (Å²) >= 11 is 5.39. The number of non-ortho nitro benzene ring substituents is 1. The first-order valence-electron chi connectivity index (χ1n) is 8.58. The molecule has 2 amide bonds. The van der Waals surface area contributed by atoms with Crippen LogP contribution in [0.4, 0.5) is 11.4 Å². The van der Waals surface area contributed by atoms with Gasteiger partial charge in [0.2, 0.25) is 11.8 Å². The highest BCUT2D eigenvalue weighted by atomic mass is 32.1. The van der Waals surface area contributed by atoms with E-state index < -0.39 is 22.8 Å². The number of nitrogens with one attached hydrogen (secondary N) is 1. The maximum atomic E-state index is 12.7. The first-order valence-corrected chi connectivity index (χ1v) is 9.97. The van der Waals surface area contributed by atoms with Gasteiger partial charge in [-0.15, -0.1) is 11.3 Å². The lowest BCUT2D eigenvalue weighted by molar-refractivity contribution is -0.384. The van der Waals surface area contributed by atoms with Crippen molar-refractivity contribution in [3.05, 3.63) is 56.3 Å². The van der Waals surface area contributed by atoms with E-state index in [4.69, 9.17) is 5.11 Å². The largest absolute Gasteiger partial charge is 0.477 e. The molecule has 152 valence electrons. The van der Waals surface area contributed by atoms with Crippen LogP contribution in [0.5, 0.6) is 0 Å². The first kappa shape index (κ1) is 20.8. The van der Waals surface area contributed by atoms with Crippen LogP contribution in [0.15, 0.2) is 35.7 Å². The van der Waals surface area contributed by atoms with E-state index in [-0.39, 0.29) is 28.1 Å². The number of carboxylic acids is 1. The molecule has 2 heterocycles. The second kappa shape index (κ2) is 8.62. The van der Waals surface area contributed by atoms with Crippen molar-refractivity contribution >= 4 is 53.1 Å². The highest BCUT2D eigenvalue weighted by Crippen LogP contribution is 2.26. The van der Waals surface area contributed by atoms with E-state index in [0.29, 0.717) is 24.2 Å². The molecular formula is C18H17N3O6S2. The summed E-state index contributed by atoms with van der Waals surface area (Å²) in [6, 6.07) is 6.32. The molecular weight excluding hydrogens is 418 g/mol. The van der Waals surface area contributed by atoms with Gasteiger partial charge in [0.05, 0.1) is 17.0 Å². The number of thiol groups is 1. The number of likely N-dealkylation sites (tertiary alicyclic amines) is 1. The fourth-order valence-corrected chi connectivity index (χ4v) is 4.14. The van der Waals surface area contributed by atoms with Crippen LogP contribution in [0, 0.1) is 10.1 Å². The molecule has 0 saturated carbocycles. The normalized spacial score (nSPS) is 18.4. The molecule has 0 unspecified atom stereocenters. The number of amides is 2. The van der Waals surface area contributed by atoms with Crippen LogP contribution in [0.25, 0.3) is 0 Å². The van der Waals surface area contributed by atoms with Crippen molar-refractivity contribution in [2.45, 2.75) is 24.1 Å². The van der Waals surface area contributed by atoms with E-state index in [9.17, 15) is 24.5 Å². The van der Waals surface area contributed by atoms with Gasteiger partial charge in [-0.25, -0.2) is 4.79 Å². The Morgan fingerprint density at radius 1 is 1.31 bits per heavy atom. The van der Waals surface area contributed by atoms with E-state index in [0.717, 1.165) is 11.3 Å². The highest BCUT2D eigenvalue weighted by molar-refractivity contribution is 7.81. The number of anilines is 1. The van der Waals surface area contributed by atoms with Crippen LogP contribution in [-0.2, 0) is 16.0 Å². The molecule has 1 aromatic carbocycles. The Labute approximate surface area is 174 Å². The van der Waals surface area contributed by atoms with Crippen LogP contribution in [0.1, 0.15) is 21.7 Å². The summed E-state index contributed by atoms with van der Waals surface area (Å²) in [5, 5.41) is 23.7. The molecule has 0 bridgehead atoms. The van der Waals surface area contributed by atoms with E-state index in [1.807, 2.05) is 0 Å². The third kappa shape index (κ3) is 4.93. The molecule has 1 aliphatic heterocycles. The average Bonchev–Trinajstić information content (AvgIpc) is 3.29. The number of nitro benzene ring substituents is 1. The van der Waals surface area contributed by atoms with Gasteiger partial charge in [0.15, 0.2) is 0 Å². The Balaban J connectivity index is 1.68. The molecule has 2 aromatic rings. The molecule has 1 aliphatic rings. The topological polar surface area (TPSA) is 130 Å². The maximum absolute atomic E-state index is 12.7. The number of carbonyl (C=O) groups excluding carboxylic acids is 2. The van der Waals surface area contributed by atoms with E-state index >= 15 is 0 Å². The number of rotatable bonds is 6. The fraction of sp³-hybridized carbons (Fsp3) is 0.278. The molecule has 2 atom stereocenters. The lowest BCUT2D eigenvalue weighted by Gasteiger charge is -2.23. The maximum Gasteiger partial charge on any atom is 0.345 e. The zero-order chi connectivity index (χ0) is 21.1. The predicted octanol–water partition coefficient (Wildman–Crippen LogP) is 2.44. The fourth-order valence-electron chi connectivity index (χ4n) is 3.09. The first-order chi connectivity index (χ1) is 13.7. The molecule has 0 spiro atoms. The standard InChI is InChI=1S/C18H17N3O6S2/c22-16(5-10-1-3-12(4-2-10)21(26)27)20-8-13(28)7-14(20)17(23)19-11-6-15(18(24)25)29-9-11/h1-4,6,9,13-14,28H,5,7-8H2,(H,19,23)(H,24,25)/t13-,14-/m0/s1. The molecule has 11 heteroatoms. The third-order valence-electron chi connectivity index (χ3n) is 4.48. The summed E-state index contributed by atoms with van der Waals surface area (Å²) in [6.07, 6.45) is 0.376. The number of carbonyl (C=O) groups is 3. The summed E-state index contributed by atoms with van der Waals surface area (Å²) in [5.41, 5.74) is 0.903. The third-order valence-corrected chi connectivity index (χ3v) is 5.77. The van der Waals surface area contributed by atoms with Gasteiger partial charge in [-0.05, 0) is 18.1 Å². The predicted molar refractivity (Wildman–Crippen MR) is 110 cm³/mol. The van der Waals surface area contributed by atoms with Gasteiger partial charge in [0.1, 0.15) is 10.9 Å². The number of thiophene rings is 1. The van der Waals surface area contributed by atoms with Crippen molar-refractivity contribution in [2.24, 2.45) is 0 Å². The summed E-state index contributed by atoms with van der Waals surface area (Å²) in [6.45, 7) is 0.303. The summed E-state index contributed by atoms with van der Waals surface area (Å²) < 4.78 is 0. The van der Waals surface area contributed by atoms with Crippen molar-refractivity contribution in [2.75, 3.05) is 11.9 Å². The van der Waals surface area contributed by atoms with Crippen LogP contribution >= 0.6 is 24.0 Å². The Bertz CT molecular complexity index is 959. The number of hydrogen-bond donors (Lipinski definition) is 3. The highest BCUT2D eigenvalue weighted by Gasteiger charge is 2.38. The Morgan fingerprint density at radius 2 is 2.00 bits per heavy atom. The average molecular weight is 435 g/mol. The van der Waals surface area contributed by atoms with Crippen LogP contribution < -0.4 is 5.32 Å². The smallest absolute Gasteiger partial charge is 0.345 e. The van der Waals surface area contributed by atoms with Crippen molar-refractivity contribution in [1.29, 1.82) is 0 Å². The van der Waals surface area contributed by atoms with Gasteiger partial charge in [-0.2, -0.15) is 12.6 Å². The minimum atomic E-state index is -1.08. The summed E-state index contributed by atoms with van der Waals surface area (Å²) in [7, 11) is 0. The lowest BCUT2D eigenvalue weighted by Crippen LogP contribution is -2.43. The zero-order valence-corrected chi connectivity index (χ0v) is 16.7. The SMILES string of the molecule is O=C(O)c1cc(NC(=O)[C@@H]2C[C@H](S)CN2C(=O)Cc2ccc([N+](=O)[O-])cc2)cs1. The monoisotopic (exact) mass is 435 g/mol. The van der Waals surface area contributed by atoms with Gasteiger partial charge in [0, 0.05) is 29.3 Å². The second-order valence-corrected chi connectivity index (χ2v) is 8.19. The van der Waals surface area contributed by atoms with Crippen molar-refractivity contribution in [3.63, 3.8) is 0 Å². The summed E-state index contributed by atoms with van der Waals surface area (Å²) in [5.74, 6) is -1.77. The van der Waals surface area contributed by atoms with Gasteiger partial charge >= 0.3 is 5.97 Å². The Morgan fingerprint density at radius 3 is 2.59 bits per heavy atom. The van der Waals surface area contributed by atoms with E-state index in [1.54, 1.807) is 0 Å². The quantitative estimate of drug-likeness (QED) is 0.363.